The van der Waals surface area contributed by atoms with Crippen molar-refractivity contribution in [3.8, 4) is 0 Å². The Labute approximate surface area is 133 Å². The molecule has 0 aliphatic carbocycles. The van der Waals surface area contributed by atoms with E-state index in [1.165, 1.54) is 5.56 Å². The average Bonchev–Trinajstić information content (AvgIpc) is 2.42. The third-order valence-corrected chi connectivity index (χ3v) is 3.49. The van der Waals surface area contributed by atoms with Crippen LogP contribution in [-0.4, -0.2) is 31.1 Å². The summed E-state index contributed by atoms with van der Waals surface area (Å²) in [4.78, 5) is 2.48. The second kappa shape index (κ2) is 10.2. The van der Waals surface area contributed by atoms with E-state index in [1.807, 2.05) is 18.2 Å². The SMILES string of the molecule is C=CCC[C@@H](c1ccc(F)cc1)N1CCNCC1.Cl.Cl. The van der Waals surface area contributed by atoms with Gasteiger partial charge in [-0.25, -0.2) is 4.39 Å². The number of benzene rings is 1. The second-order valence-electron chi connectivity index (χ2n) is 4.72. The lowest BCUT2D eigenvalue weighted by molar-refractivity contribution is 0.166. The number of allylic oxidation sites excluding steroid dienone is 1. The minimum Gasteiger partial charge on any atom is -0.314 e. The first kappa shape index (κ1) is 19.4. The molecule has 0 amide bonds. The molecule has 0 radical (unpaired) electrons. The Morgan fingerprint density at radius 1 is 1.20 bits per heavy atom. The van der Waals surface area contributed by atoms with Crippen LogP contribution < -0.4 is 5.32 Å². The number of piperazine rings is 1. The van der Waals surface area contributed by atoms with E-state index in [9.17, 15) is 4.39 Å². The van der Waals surface area contributed by atoms with Crippen LogP contribution >= 0.6 is 24.8 Å². The Balaban J connectivity index is 0.00000180. The van der Waals surface area contributed by atoms with E-state index in [1.54, 1.807) is 12.1 Å². The van der Waals surface area contributed by atoms with Crippen molar-refractivity contribution in [2.24, 2.45) is 0 Å². The minimum atomic E-state index is -0.165. The van der Waals surface area contributed by atoms with Gasteiger partial charge in [0, 0.05) is 32.2 Å². The maximum Gasteiger partial charge on any atom is 0.123 e. The molecule has 1 aromatic rings. The standard InChI is InChI=1S/C15H21FN2.2ClH/c1-2-3-4-15(18-11-9-17-10-12-18)13-5-7-14(16)8-6-13;;/h2,5-8,15,17H,1,3-4,9-12H2;2*1H/t15-;;/m0../s1. The van der Waals surface area contributed by atoms with Crippen LogP contribution in [0.4, 0.5) is 4.39 Å². The van der Waals surface area contributed by atoms with Gasteiger partial charge in [0.25, 0.3) is 0 Å². The van der Waals surface area contributed by atoms with Crippen molar-refractivity contribution >= 4 is 24.8 Å². The fourth-order valence-corrected chi connectivity index (χ4v) is 2.51. The van der Waals surface area contributed by atoms with E-state index < -0.39 is 0 Å². The van der Waals surface area contributed by atoms with Gasteiger partial charge in [-0.1, -0.05) is 18.2 Å². The first-order valence-corrected chi connectivity index (χ1v) is 6.62. The van der Waals surface area contributed by atoms with Gasteiger partial charge in [-0.05, 0) is 30.5 Å². The number of hydrogen-bond acceptors (Lipinski definition) is 2. The summed E-state index contributed by atoms with van der Waals surface area (Å²) in [6.07, 6.45) is 4.00. The molecule has 20 heavy (non-hydrogen) atoms. The second-order valence-corrected chi connectivity index (χ2v) is 4.72. The molecule has 1 aliphatic rings. The van der Waals surface area contributed by atoms with Crippen molar-refractivity contribution in [2.45, 2.75) is 18.9 Å². The third kappa shape index (κ3) is 5.41. The van der Waals surface area contributed by atoms with Crippen LogP contribution in [-0.2, 0) is 0 Å². The van der Waals surface area contributed by atoms with E-state index in [2.05, 4.69) is 16.8 Å². The van der Waals surface area contributed by atoms with Crippen LogP contribution in [0.2, 0.25) is 0 Å². The molecule has 0 unspecified atom stereocenters. The first-order valence-electron chi connectivity index (χ1n) is 6.62. The van der Waals surface area contributed by atoms with Gasteiger partial charge in [0.05, 0.1) is 0 Å². The molecule has 1 atom stereocenters. The molecule has 1 aromatic carbocycles. The third-order valence-electron chi connectivity index (χ3n) is 3.49. The van der Waals surface area contributed by atoms with Gasteiger partial charge in [0.2, 0.25) is 0 Å². The molecule has 1 N–H and O–H groups in total. The zero-order chi connectivity index (χ0) is 12.8. The minimum absolute atomic E-state index is 0. The molecule has 1 heterocycles. The maximum absolute atomic E-state index is 13.0. The number of nitrogens with one attached hydrogen (secondary N) is 1. The van der Waals surface area contributed by atoms with Crippen molar-refractivity contribution in [1.82, 2.24) is 10.2 Å². The molecule has 2 rings (SSSR count). The van der Waals surface area contributed by atoms with Crippen LogP contribution in [0.5, 0.6) is 0 Å². The normalized spacial score (nSPS) is 16.6. The van der Waals surface area contributed by atoms with Crippen LogP contribution in [0.25, 0.3) is 0 Å². The predicted octanol–water partition coefficient (Wildman–Crippen LogP) is 3.58. The van der Waals surface area contributed by atoms with Gasteiger partial charge < -0.3 is 5.32 Å². The van der Waals surface area contributed by atoms with Gasteiger partial charge in [0.1, 0.15) is 5.82 Å². The highest BCUT2D eigenvalue weighted by molar-refractivity contribution is 5.85. The lowest BCUT2D eigenvalue weighted by Crippen LogP contribution is -2.45. The van der Waals surface area contributed by atoms with Crippen molar-refractivity contribution in [3.05, 3.63) is 48.3 Å². The summed E-state index contributed by atoms with van der Waals surface area (Å²) in [6, 6.07) is 7.30. The number of halogens is 3. The lowest BCUT2D eigenvalue weighted by atomic mass is 9.99. The zero-order valence-corrected chi connectivity index (χ0v) is 13.2. The highest BCUT2D eigenvalue weighted by Gasteiger charge is 2.21. The number of hydrogen-bond donors (Lipinski definition) is 1. The molecule has 0 saturated carbocycles. The van der Waals surface area contributed by atoms with E-state index in [0.717, 1.165) is 39.0 Å². The number of rotatable bonds is 5. The summed E-state index contributed by atoms with van der Waals surface area (Å²) in [7, 11) is 0. The van der Waals surface area contributed by atoms with Gasteiger partial charge in [0.15, 0.2) is 0 Å². The van der Waals surface area contributed by atoms with Gasteiger partial charge >= 0.3 is 0 Å². The molecule has 0 spiro atoms. The largest absolute Gasteiger partial charge is 0.314 e. The summed E-state index contributed by atoms with van der Waals surface area (Å²) in [6.45, 7) is 7.97. The molecule has 1 aliphatic heterocycles. The molecule has 1 fully saturated rings. The van der Waals surface area contributed by atoms with Crippen molar-refractivity contribution in [3.63, 3.8) is 0 Å². The fraction of sp³-hybridized carbons (Fsp3) is 0.467. The van der Waals surface area contributed by atoms with E-state index >= 15 is 0 Å². The quantitative estimate of drug-likeness (QED) is 0.834. The Kier molecular flexibility index (Phi) is 9.86. The molecular weight excluding hydrogens is 298 g/mol. The highest BCUT2D eigenvalue weighted by Crippen LogP contribution is 2.26. The Bertz CT molecular complexity index is 378. The molecule has 2 nitrogen and oxygen atoms in total. The Morgan fingerprint density at radius 3 is 2.35 bits per heavy atom. The summed E-state index contributed by atoms with van der Waals surface area (Å²) in [5.74, 6) is -0.165. The van der Waals surface area contributed by atoms with E-state index in [0.29, 0.717) is 6.04 Å². The fourth-order valence-electron chi connectivity index (χ4n) is 2.51. The molecular formula is C15H23Cl2FN2. The topological polar surface area (TPSA) is 15.3 Å². The molecule has 1 saturated heterocycles. The van der Waals surface area contributed by atoms with Crippen LogP contribution in [0.3, 0.4) is 0 Å². The molecule has 114 valence electrons. The Hall–Kier alpha value is -0.610. The molecule has 0 aromatic heterocycles. The van der Waals surface area contributed by atoms with Crippen molar-refractivity contribution < 1.29 is 4.39 Å². The predicted molar refractivity (Wildman–Crippen MR) is 87.5 cm³/mol. The zero-order valence-electron chi connectivity index (χ0n) is 11.6. The summed E-state index contributed by atoms with van der Waals surface area (Å²) >= 11 is 0. The van der Waals surface area contributed by atoms with Crippen molar-refractivity contribution in [1.29, 1.82) is 0 Å². The maximum atomic E-state index is 13.0. The first-order chi connectivity index (χ1) is 8.81. The summed E-state index contributed by atoms with van der Waals surface area (Å²) in [5.41, 5.74) is 1.21. The highest BCUT2D eigenvalue weighted by atomic mass is 35.5. The van der Waals surface area contributed by atoms with Crippen LogP contribution in [0.15, 0.2) is 36.9 Å². The molecule has 5 heteroatoms. The Morgan fingerprint density at radius 2 is 1.80 bits per heavy atom. The van der Waals surface area contributed by atoms with Crippen molar-refractivity contribution in [2.75, 3.05) is 26.2 Å². The lowest BCUT2D eigenvalue weighted by Gasteiger charge is -2.35. The van der Waals surface area contributed by atoms with E-state index in [4.69, 9.17) is 0 Å². The van der Waals surface area contributed by atoms with Crippen LogP contribution in [0, 0.1) is 5.82 Å². The molecule has 0 bridgehead atoms. The van der Waals surface area contributed by atoms with Crippen LogP contribution in [0.1, 0.15) is 24.4 Å². The van der Waals surface area contributed by atoms with Gasteiger partial charge in [-0.3, -0.25) is 4.90 Å². The van der Waals surface area contributed by atoms with Gasteiger partial charge in [-0.2, -0.15) is 0 Å². The van der Waals surface area contributed by atoms with Gasteiger partial charge in [-0.15, -0.1) is 31.4 Å². The summed E-state index contributed by atoms with van der Waals surface area (Å²) in [5, 5.41) is 3.36. The smallest absolute Gasteiger partial charge is 0.123 e. The summed E-state index contributed by atoms with van der Waals surface area (Å²) < 4.78 is 13.0. The number of nitrogens with zero attached hydrogens (tertiary/aromatic N) is 1. The van der Waals surface area contributed by atoms with E-state index in [-0.39, 0.29) is 30.6 Å². The average molecular weight is 321 g/mol. The monoisotopic (exact) mass is 320 g/mol.